The van der Waals surface area contributed by atoms with E-state index in [0.717, 1.165) is 28.7 Å². The molecule has 204 valence electrons. The van der Waals surface area contributed by atoms with Crippen molar-refractivity contribution in [2.45, 2.75) is 58.5 Å². The number of benzene rings is 3. The molecule has 3 aliphatic heterocycles. The second kappa shape index (κ2) is 9.29. The summed E-state index contributed by atoms with van der Waals surface area (Å²) in [4.78, 5) is 45.6. The number of nitrogens with one attached hydrogen (secondary N) is 1. The zero-order valence-corrected chi connectivity index (χ0v) is 23.8. The van der Waals surface area contributed by atoms with Gasteiger partial charge in [-0.25, -0.2) is 0 Å². The lowest BCUT2D eigenvalue weighted by atomic mass is 9.62. The van der Waals surface area contributed by atoms with Crippen molar-refractivity contribution in [2.75, 3.05) is 5.32 Å². The summed E-state index contributed by atoms with van der Waals surface area (Å²) in [6.07, 6.45) is 4.84. The van der Waals surface area contributed by atoms with Crippen LogP contribution >= 0.6 is 0 Å². The molecule has 1 amide bonds. The highest BCUT2D eigenvalue weighted by Gasteiger charge is 2.71. The number of rotatable bonds is 5. The molecular weight excluding hydrogens is 496 g/mol. The van der Waals surface area contributed by atoms with Crippen LogP contribution in [0.25, 0.3) is 6.08 Å². The Balaban J connectivity index is 1.62. The van der Waals surface area contributed by atoms with Crippen LogP contribution in [0.1, 0.15) is 73.3 Å². The summed E-state index contributed by atoms with van der Waals surface area (Å²) in [6.45, 7) is 10.0. The fraction of sp³-hybridized carbons (Fsp3) is 0.343. The number of hydrogen-bond acceptors (Lipinski definition) is 4. The van der Waals surface area contributed by atoms with E-state index in [1.807, 2.05) is 111 Å². The average molecular weight is 533 g/mol. The number of carbonyl (C=O) groups excluding carboxylic acids is 3. The molecule has 3 aromatic carbocycles. The lowest BCUT2D eigenvalue weighted by Crippen LogP contribution is -2.50. The van der Waals surface area contributed by atoms with Crippen LogP contribution in [0.15, 0.2) is 79.0 Å². The third kappa shape index (κ3) is 3.78. The van der Waals surface area contributed by atoms with Crippen molar-refractivity contribution in [3.8, 4) is 0 Å². The van der Waals surface area contributed by atoms with Gasteiger partial charge in [-0.2, -0.15) is 0 Å². The van der Waals surface area contributed by atoms with Gasteiger partial charge in [0.15, 0.2) is 11.6 Å². The molecule has 1 saturated heterocycles. The zero-order valence-electron chi connectivity index (χ0n) is 23.8. The van der Waals surface area contributed by atoms with Crippen molar-refractivity contribution in [1.82, 2.24) is 4.90 Å². The molecule has 0 radical (unpaired) electrons. The number of nitrogens with zero attached hydrogens (tertiary/aromatic N) is 1. The van der Waals surface area contributed by atoms with Crippen molar-refractivity contribution >= 4 is 29.2 Å². The molecule has 1 N–H and O–H groups in total. The summed E-state index contributed by atoms with van der Waals surface area (Å²) < 4.78 is 0. The Hall–Kier alpha value is -3.99. The Labute approximate surface area is 236 Å². The van der Waals surface area contributed by atoms with Gasteiger partial charge in [-0.05, 0) is 46.7 Å². The molecule has 3 heterocycles. The third-order valence-corrected chi connectivity index (χ3v) is 8.74. The van der Waals surface area contributed by atoms with Gasteiger partial charge in [0.05, 0.1) is 18.0 Å². The first-order valence-corrected chi connectivity index (χ1v) is 14.2. The highest BCUT2D eigenvalue weighted by Crippen LogP contribution is 2.62. The summed E-state index contributed by atoms with van der Waals surface area (Å²) in [5.74, 6) is -0.876. The minimum Gasteiger partial charge on any atom is -0.358 e. The van der Waals surface area contributed by atoms with E-state index in [-0.39, 0.29) is 17.5 Å². The minimum atomic E-state index is -1.28. The van der Waals surface area contributed by atoms with Crippen LogP contribution in [-0.2, 0) is 21.4 Å². The van der Waals surface area contributed by atoms with E-state index in [9.17, 15) is 14.4 Å². The standard InChI is InChI=1S/C35H36N2O3/c1-21(2)20-22-14-16-24(17-15-22)30(38)28-29(32(39)34(3,4)5)37-19-18-23-10-6-7-11-25(23)31(37)35(28)26-12-8-9-13-27(26)36-33(35)40/h6-19,21,28-29,31H,20H2,1-5H3,(H,36,40)/t28-,29-,31+,35+/m0/s1. The number of anilines is 1. The SMILES string of the molecule is CC(C)Cc1ccc(C(=O)[C@@H]2[C@@H](C(=O)C(C)(C)C)N3C=Cc4ccccc4[C@@H]3[C@]23C(=O)Nc2ccccc23)cc1. The van der Waals surface area contributed by atoms with E-state index in [1.54, 1.807) is 0 Å². The quantitative estimate of drug-likeness (QED) is 0.376. The minimum absolute atomic E-state index is 0.0506. The number of amides is 1. The molecule has 1 fully saturated rings. The smallest absolute Gasteiger partial charge is 0.238 e. The lowest BCUT2D eigenvalue weighted by Gasteiger charge is -2.38. The lowest BCUT2D eigenvalue weighted by molar-refractivity contribution is -0.131. The summed E-state index contributed by atoms with van der Waals surface area (Å²) in [5, 5.41) is 3.11. The molecule has 0 aromatic heterocycles. The van der Waals surface area contributed by atoms with Crippen molar-refractivity contribution in [3.63, 3.8) is 0 Å². The maximum atomic E-state index is 14.8. The molecule has 5 nitrogen and oxygen atoms in total. The Morgan fingerprint density at radius 1 is 0.950 bits per heavy atom. The Kier molecular flexibility index (Phi) is 6.10. The number of Topliss-reactive ketones (excluding diaryl/α,β-unsaturated/α-hetero) is 2. The number of fused-ring (bicyclic) bond motifs is 6. The molecule has 0 bridgehead atoms. The van der Waals surface area contributed by atoms with Gasteiger partial charge >= 0.3 is 0 Å². The van der Waals surface area contributed by atoms with E-state index in [2.05, 4.69) is 19.2 Å². The van der Waals surface area contributed by atoms with Crippen LogP contribution in [0.4, 0.5) is 5.69 Å². The summed E-state index contributed by atoms with van der Waals surface area (Å²) in [7, 11) is 0. The van der Waals surface area contributed by atoms with Crippen LogP contribution in [0.2, 0.25) is 0 Å². The van der Waals surface area contributed by atoms with E-state index >= 15 is 0 Å². The Morgan fingerprint density at radius 2 is 1.62 bits per heavy atom. The summed E-state index contributed by atoms with van der Waals surface area (Å²) in [6, 6.07) is 22.0. The second-order valence-corrected chi connectivity index (χ2v) is 12.9. The van der Waals surface area contributed by atoms with Crippen LogP contribution in [0.5, 0.6) is 0 Å². The molecule has 0 saturated carbocycles. The van der Waals surface area contributed by atoms with Crippen LogP contribution < -0.4 is 5.32 Å². The van der Waals surface area contributed by atoms with Gasteiger partial charge in [0.1, 0.15) is 5.41 Å². The van der Waals surface area contributed by atoms with Crippen molar-refractivity contribution < 1.29 is 14.4 Å². The van der Waals surface area contributed by atoms with Crippen molar-refractivity contribution in [1.29, 1.82) is 0 Å². The molecule has 0 unspecified atom stereocenters. The van der Waals surface area contributed by atoms with Gasteiger partial charge in [0.25, 0.3) is 0 Å². The first-order valence-electron chi connectivity index (χ1n) is 14.2. The highest BCUT2D eigenvalue weighted by molar-refractivity contribution is 6.15. The van der Waals surface area contributed by atoms with Gasteiger partial charge in [0.2, 0.25) is 5.91 Å². The molecular formula is C35H36N2O3. The second-order valence-electron chi connectivity index (χ2n) is 12.9. The fourth-order valence-electron chi connectivity index (χ4n) is 7.07. The maximum Gasteiger partial charge on any atom is 0.238 e. The fourth-order valence-corrected chi connectivity index (χ4v) is 7.07. The van der Waals surface area contributed by atoms with Gasteiger partial charge in [-0.15, -0.1) is 0 Å². The van der Waals surface area contributed by atoms with E-state index in [1.165, 1.54) is 0 Å². The molecule has 0 aliphatic carbocycles. The Morgan fingerprint density at radius 3 is 2.33 bits per heavy atom. The summed E-state index contributed by atoms with van der Waals surface area (Å²) in [5.41, 5.74) is 3.11. The highest BCUT2D eigenvalue weighted by atomic mass is 16.2. The predicted octanol–water partition coefficient (Wildman–Crippen LogP) is 6.60. The third-order valence-electron chi connectivity index (χ3n) is 8.74. The molecule has 1 spiro atoms. The molecule has 3 aliphatic rings. The predicted molar refractivity (Wildman–Crippen MR) is 158 cm³/mol. The number of para-hydroxylation sites is 1. The van der Waals surface area contributed by atoms with Crippen molar-refractivity contribution in [2.24, 2.45) is 17.3 Å². The average Bonchev–Trinajstić information content (AvgIpc) is 3.40. The molecule has 5 heteroatoms. The van der Waals surface area contributed by atoms with Gasteiger partial charge in [0, 0.05) is 22.9 Å². The monoisotopic (exact) mass is 532 g/mol. The molecule has 3 aromatic rings. The van der Waals surface area contributed by atoms with E-state index in [0.29, 0.717) is 17.2 Å². The van der Waals surface area contributed by atoms with Crippen LogP contribution in [0, 0.1) is 17.3 Å². The van der Waals surface area contributed by atoms with Crippen molar-refractivity contribution in [3.05, 3.63) is 107 Å². The number of ketones is 2. The first kappa shape index (κ1) is 26.2. The largest absolute Gasteiger partial charge is 0.358 e. The summed E-state index contributed by atoms with van der Waals surface area (Å²) >= 11 is 0. The molecule has 6 rings (SSSR count). The number of hydrogen-bond donors (Lipinski definition) is 1. The first-order chi connectivity index (χ1) is 19.0. The molecule has 4 atom stereocenters. The molecule has 40 heavy (non-hydrogen) atoms. The topological polar surface area (TPSA) is 66.5 Å². The van der Waals surface area contributed by atoms with Crippen LogP contribution in [-0.4, -0.2) is 28.4 Å². The van der Waals surface area contributed by atoms with Gasteiger partial charge < -0.3 is 10.2 Å². The van der Waals surface area contributed by atoms with Gasteiger partial charge in [-0.1, -0.05) is 101 Å². The normalized spacial score (nSPS) is 24.6. The van der Waals surface area contributed by atoms with Gasteiger partial charge in [-0.3, -0.25) is 14.4 Å². The van der Waals surface area contributed by atoms with E-state index < -0.39 is 28.8 Å². The van der Waals surface area contributed by atoms with Crippen LogP contribution in [0.3, 0.4) is 0 Å². The maximum absolute atomic E-state index is 14.8. The van der Waals surface area contributed by atoms with E-state index in [4.69, 9.17) is 0 Å². The number of carbonyl (C=O) groups is 3. The zero-order chi connectivity index (χ0) is 28.4. The Bertz CT molecular complexity index is 1550.